The molecule has 7 heteroatoms. The molecule has 0 aliphatic carbocycles. The number of aryl methyl sites for hydroxylation is 1. The van der Waals surface area contributed by atoms with E-state index in [0.717, 1.165) is 4.31 Å². The van der Waals surface area contributed by atoms with Gasteiger partial charge in [0.15, 0.2) is 5.03 Å². The van der Waals surface area contributed by atoms with Crippen molar-refractivity contribution in [2.45, 2.75) is 11.9 Å². The Morgan fingerprint density at radius 1 is 1.28 bits per heavy atom. The Morgan fingerprint density at radius 2 is 1.89 bits per heavy atom. The molecule has 2 rings (SSSR count). The lowest BCUT2D eigenvalue weighted by Crippen LogP contribution is -2.26. The molecule has 0 aliphatic rings. The van der Waals surface area contributed by atoms with Crippen molar-refractivity contribution in [2.75, 3.05) is 11.4 Å². The molecule has 1 aromatic carbocycles. The number of anilines is 1. The van der Waals surface area contributed by atoms with Gasteiger partial charge in [0.1, 0.15) is 11.6 Å². The Bertz CT molecular complexity index is 649. The van der Waals surface area contributed by atoms with Crippen LogP contribution in [0.15, 0.2) is 35.5 Å². The van der Waals surface area contributed by atoms with Gasteiger partial charge >= 0.3 is 0 Å². The Kier molecular flexibility index (Phi) is 3.08. The first kappa shape index (κ1) is 12.6. The van der Waals surface area contributed by atoms with E-state index in [9.17, 15) is 12.8 Å². The van der Waals surface area contributed by atoms with E-state index >= 15 is 0 Å². The second-order valence-electron chi connectivity index (χ2n) is 3.78. The van der Waals surface area contributed by atoms with Gasteiger partial charge in [-0.1, -0.05) is 0 Å². The van der Waals surface area contributed by atoms with Crippen molar-refractivity contribution in [1.82, 2.24) is 9.97 Å². The molecule has 0 atom stereocenters. The van der Waals surface area contributed by atoms with E-state index in [2.05, 4.69) is 9.97 Å². The van der Waals surface area contributed by atoms with Crippen molar-refractivity contribution in [3.63, 3.8) is 0 Å². The van der Waals surface area contributed by atoms with E-state index in [4.69, 9.17) is 0 Å². The average Bonchev–Trinajstić information content (AvgIpc) is 2.76. The summed E-state index contributed by atoms with van der Waals surface area (Å²) in [5, 5.41) is 0.00632. The van der Waals surface area contributed by atoms with E-state index in [1.54, 1.807) is 6.92 Å². The van der Waals surface area contributed by atoms with Crippen LogP contribution in [0.25, 0.3) is 0 Å². The van der Waals surface area contributed by atoms with Crippen molar-refractivity contribution in [2.24, 2.45) is 0 Å². The fourth-order valence-corrected chi connectivity index (χ4v) is 2.62. The first-order chi connectivity index (χ1) is 8.41. The Hall–Kier alpha value is -1.89. The maximum Gasteiger partial charge on any atom is 0.281 e. The molecular weight excluding hydrogens is 257 g/mol. The average molecular weight is 269 g/mol. The highest BCUT2D eigenvalue weighted by Gasteiger charge is 2.23. The highest BCUT2D eigenvalue weighted by molar-refractivity contribution is 7.92. The van der Waals surface area contributed by atoms with Gasteiger partial charge in [0.25, 0.3) is 10.0 Å². The predicted molar refractivity (Wildman–Crippen MR) is 65.3 cm³/mol. The van der Waals surface area contributed by atoms with Gasteiger partial charge < -0.3 is 4.98 Å². The lowest BCUT2D eigenvalue weighted by Gasteiger charge is -2.18. The summed E-state index contributed by atoms with van der Waals surface area (Å²) in [7, 11) is -2.29. The maximum absolute atomic E-state index is 12.8. The van der Waals surface area contributed by atoms with Crippen molar-refractivity contribution in [3.8, 4) is 0 Å². The van der Waals surface area contributed by atoms with Crippen LogP contribution in [0.1, 0.15) is 5.82 Å². The third-order valence-corrected chi connectivity index (χ3v) is 4.20. The van der Waals surface area contributed by atoms with Crippen LogP contribution in [-0.2, 0) is 10.0 Å². The number of nitrogens with zero attached hydrogens (tertiary/aromatic N) is 2. The quantitative estimate of drug-likeness (QED) is 0.922. The number of aromatic nitrogens is 2. The summed E-state index contributed by atoms with van der Waals surface area (Å²) in [5.41, 5.74) is 0.378. The third-order valence-electron chi connectivity index (χ3n) is 2.51. The van der Waals surface area contributed by atoms with Crippen LogP contribution >= 0.6 is 0 Å². The highest BCUT2D eigenvalue weighted by Crippen LogP contribution is 2.20. The van der Waals surface area contributed by atoms with Gasteiger partial charge in [-0.25, -0.2) is 9.37 Å². The number of hydrogen-bond acceptors (Lipinski definition) is 3. The van der Waals surface area contributed by atoms with Crippen LogP contribution < -0.4 is 4.31 Å². The number of aromatic amines is 1. The lowest BCUT2D eigenvalue weighted by molar-refractivity contribution is 0.591. The normalized spacial score (nSPS) is 11.5. The van der Waals surface area contributed by atoms with E-state index in [0.29, 0.717) is 11.5 Å². The van der Waals surface area contributed by atoms with Gasteiger partial charge in [-0.15, -0.1) is 0 Å². The van der Waals surface area contributed by atoms with Crippen LogP contribution in [0.2, 0.25) is 0 Å². The molecule has 96 valence electrons. The molecule has 1 heterocycles. The molecule has 1 N–H and O–H groups in total. The molecule has 18 heavy (non-hydrogen) atoms. The van der Waals surface area contributed by atoms with Crippen molar-refractivity contribution >= 4 is 15.7 Å². The van der Waals surface area contributed by atoms with Crippen molar-refractivity contribution in [1.29, 1.82) is 0 Å². The minimum Gasteiger partial charge on any atom is -0.332 e. The number of sulfonamides is 1. The minimum absolute atomic E-state index is 0.00632. The number of benzene rings is 1. The molecule has 0 bridgehead atoms. The SMILES string of the molecule is Cc1ncc(S(=O)(=O)N(C)c2ccc(F)cc2)[nH]1. The summed E-state index contributed by atoms with van der Waals surface area (Å²) in [4.78, 5) is 6.52. The number of imidazole rings is 1. The molecule has 2 aromatic rings. The fourth-order valence-electron chi connectivity index (χ4n) is 1.47. The van der Waals surface area contributed by atoms with Crippen LogP contribution in [0.3, 0.4) is 0 Å². The standard InChI is InChI=1S/C11H12FN3O2S/c1-8-13-7-11(14-8)18(16,17)15(2)10-5-3-9(12)4-6-10/h3-7H,1-2H3,(H,13,14). The molecule has 0 aliphatic heterocycles. The minimum atomic E-state index is -3.69. The van der Waals surface area contributed by atoms with Gasteiger partial charge in [0.2, 0.25) is 0 Å². The first-order valence-electron chi connectivity index (χ1n) is 5.17. The maximum atomic E-state index is 12.8. The Labute approximate surface area is 104 Å². The summed E-state index contributed by atoms with van der Waals surface area (Å²) in [5.74, 6) is 0.100. The van der Waals surface area contributed by atoms with Gasteiger partial charge in [-0.2, -0.15) is 8.42 Å². The zero-order valence-electron chi connectivity index (χ0n) is 9.88. The monoisotopic (exact) mass is 269 g/mol. The second kappa shape index (κ2) is 4.41. The zero-order chi connectivity index (χ0) is 13.3. The van der Waals surface area contributed by atoms with E-state index < -0.39 is 15.8 Å². The highest BCUT2D eigenvalue weighted by atomic mass is 32.2. The number of halogens is 1. The molecule has 0 saturated carbocycles. The number of nitrogens with one attached hydrogen (secondary N) is 1. The van der Waals surface area contributed by atoms with E-state index in [-0.39, 0.29) is 5.03 Å². The molecule has 0 fully saturated rings. The number of hydrogen-bond donors (Lipinski definition) is 1. The van der Waals surface area contributed by atoms with Gasteiger partial charge in [-0.3, -0.25) is 4.31 Å². The van der Waals surface area contributed by atoms with Crippen molar-refractivity contribution < 1.29 is 12.8 Å². The van der Waals surface area contributed by atoms with Crippen LogP contribution in [0.4, 0.5) is 10.1 Å². The summed E-state index contributed by atoms with van der Waals surface area (Å²) in [6.45, 7) is 1.66. The van der Waals surface area contributed by atoms with E-state index in [1.165, 1.54) is 37.5 Å². The summed E-state index contributed by atoms with van der Waals surface area (Å²) >= 11 is 0. The smallest absolute Gasteiger partial charge is 0.281 e. The number of H-pyrrole nitrogens is 1. The van der Waals surface area contributed by atoms with Gasteiger partial charge in [0.05, 0.1) is 11.9 Å². The molecular formula is C11H12FN3O2S. The van der Waals surface area contributed by atoms with Crippen LogP contribution in [0.5, 0.6) is 0 Å². The number of rotatable bonds is 3. The fraction of sp³-hybridized carbons (Fsp3) is 0.182. The summed E-state index contributed by atoms with van der Waals surface area (Å²) in [6.07, 6.45) is 1.25. The Balaban J connectivity index is 2.39. The molecule has 1 aromatic heterocycles. The second-order valence-corrected chi connectivity index (χ2v) is 5.72. The molecule has 5 nitrogen and oxygen atoms in total. The summed E-state index contributed by atoms with van der Waals surface area (Å²) in [6, 6.07) is 5.21. The molecule has 0 radical (unpaired) electrons. The topological polar surface area (TPSA) is 66.1 Å². The van der Waals surface area contributed by atoms with E-state index in [1.807, 2.05) is 0 Å². The third kappa shape index (κ3) is 2.21. The predicted octanol–water partition coefficient (Wildman–Crippen LogP) is 1.68. The lowest BCUT2D eigenvalue weighted by atomic mass is 10.3. The van der Waals surface area contributed by atoms with Crippen molar-refractivity contribution in [3.05, 3.63) is 42.1 Å². The van der Waals surface area contributed by atoms with Gasteiger partial charge in [0, 0.05) is 7.05 Å². The van der Waals surface area contributed by atoms with Crippen LogP contribution in [-0.4, -0.2) is 25.4 Å². The van der Waals surface area contributed by atoms with Gasteiger partial charge in [-0.05, 0) is 31.2 Å². The summed E-state index contributed by atoms with van der Waals surface area (Å²) < 4.78 is 38.2. The largest absolute Gasteiger partial charge is 0.332 e. The molecule has 0 unspecified atom stereocenters. The first-order valence-corrected chi connectivity index (χ1v) is 6.61. The Morgan fingerprint density at radius 3 is 2.39 bits per heavy atom. The zero-order valence-corrected chi connectivity index (χ0v) is 10.7. The van der Waals surface area contributed by atoms with Crippen LogP contribution in [0, 0.1) is 12.7 Å². The molecule has 0 amide bonds. The molecule has 0 saturated heterocycles. The molecule has 0 spiro atoms.